The second-order valence-corrected chi connectivity index (χ2v) is 6.09. The third kappa shape index (κ3) is 2.87. The number of nitrogens with one attached hydrogen (secondary N) is 1. The molecule has 2 aromatic rings. The van der Waals surface area contributed by atoms with Crippen LogP contribution in [0.3, 0.4) is 0 Å². The Morgan fingerprint density at radius 3 is 2.76 bits per heavy atom. The molecule has 0 aliphatic carbocycles. The number of aromatic amines is 1. The van der Waals surface area contributed by atoms with Crippen LogP contribution in [0.1, 0.15) is 12.8 Å². The topological polar surface area (TPSA) is 40.1 Å². The van der Waals surface area contributed by atoms with Crippen LogP contribution in [0.15, 0.2) is 30.3 Å². The van der Waals surface area contributed by atoms with E-state index in [1.807, 2.05) is 22.8 Å². The fraction of sp³-hybridized carbons (Fsp3) is 0.467. The Morgan fingerprint density at radius 2 is 2.05 bits per heavy atom. The smallest absolute Gasteiger partial charge is 0.230 e. The van der Waals surface area contributed by atoms with Gasteiger partial charge in [-0.15, -0.1) is 5.10 Å². The number of likely N-dealkylation sites (N-methyl/N-ethyl adjacent to an activating group) is 1. The lowest BCUT2D eigenvalue weighted by atomic mass is 10.1. The Labute approximate surface area is 130 Å². The number of piperidine rings is 1. The number of nitrogens with zero attached hydrogens (tertiary/aromatic N) is 4. The van der Waals surface area contributed by atoms with E-state index in [0.717, 1.165) is 24.7 Å². The number of H-pyrrole nitrogens is 1. The van der Waals surface area contributed by atoms with Crippen LogP contribution < -0.4 is 4.90 Å². The van der Waals surface area contributed by atoms with Crippen molar-refractivity contribution in [1.82, 2.24) is 19.7 Å². The molecule has 2 heterocycles. The highest BCUT2D eigenvalue weighted by Crippen LogP contribution is 2.23. The summed E-state index contributed by atoms with van der Waals surface area (Å²) in [6, 6.07) is 10.7. The van der Waals surface area contributed by atoms with E-state index in [4.69, 9.17) is 12.2 Å². The minimum absolute atomic E-state index is 0.563. The van der Waals surface area contributed by atoms with Crippen molar-refractivity contribution in [3.05, 3.63) is 35.1 Å². The number of benzene rings is 1. The van der Waals surface area contributed by atoms with Crippen LogP contribution in [0, 0.1) is 4.77 Å². The number of anilines is 1. The first-order valence-electron chi connectivity index (χ1n) is 7.31. The van der Waals surface area contributed by atoms with Gasteiger partial charge in [-0.05, 0) is 51.3 Å². The summed E-state index contributed by atoms with van der Waals surface area (Å²) in [7, 11) is 4.28. The molecule has 1 aliphatic heterocycles. The van der Waals surface area contributed by atoms with E-state index in [1.165, 1.54) is 12.8 Å². The molecule has 112 valence electrons. The second-order valence-electron chi connectivity index (χ2n) is 5.71. The van der Waals surface area contributed by atoms with Crippen molar-refractivity contribution in [1.29, 1.82) is 0 Å². The molecule has 0 bridgehead atoms. The number of hydrogen-bond donors (Lipinski definition) is 1. The first-order valence-corrected chi connectivity index (χ1v) is 7.72. The Kier molecular flexibility index (Phi) is 4.07. The number of aromatic nitrogens is 3. The van der Waals surface area contributed by atoms with Crippen molar-refractivity contribution in [2.45, 2.75) is 18.9 Å². The van der Waals surface area contributed by atoms with Crippen LogP contribution in [0.2, 0.25) is 0 Å². The molecular formula is C15H21N5S. The highest BCUT2D eigenvalue weighted by atomic mass is 32.1. The van der Waals surface area contributed by atoms with E-state index in [1.54, 1.807) is 0 Å². The SMILES string of the molecule is CN(C)C1CCCN(c2n[nH]c(=S)n2-c2ccccc2)C1. The first-order chi connectivity index (χ1) is 10.2. The van der Waals surface area contributed by atoms with Crippen molar-refractivity contribution in [2.24, 2.45) is 0 Å². The normalized spacial score (nSPS) is 19.2. The molecule has 1 atom stereocenters. The van der Waals surface area contributed by atoms with Gasteiger partial charge in [0.25, 0.3) is 0 Å². The quantitative estimate of drug-likeness (QED) is 0.884. The first kappa shape index (κ1) is 14.3. The summed E-state index contributed by atoms with van der Waals surface area (Å²) >= 11 is 5.41. The van der Waals surface area contributed by atoms with Crippen molar-refractivity contribution in [2.75, 3.05) is 32.1 Å². The second kappa shape index (κ2) is 5.99. The Morgan fingerprint density at radius 1 is 1.29 bits per heavy atom. The third-order valence-corrected chi connectivity index (χ3v) is 4.35. The lowest BCUT2D eigenvalue weighted by molar-refractivity contribution is 0.256. The summed E-state index contributed by atoms with van der Waals surface area (Å²) in [6.07, 6.45) is 2.41. The Balaban J connectivity index is 1.95. The molecule has 1 fully saturated rings. The van der Waals surface area contributed by atoms with Gasteiger partial charge in [-0.25, -0.2) is 5.10 Å². The molecule has 5 nitrogen and oxygen atoms in total. The Bertz CT molecular complexity index is 646. The molecule has 1 aliphatic rings. The predicted octanol–water partition coefficient (Wildman–Crippen LogP) is 2.46. The summed E-state index contributed by atoms with van der Waals surface area (Å²) < 4.78 is 2.66. The lowest BCUT2D eigenvalue weighted by Gasteiger charge is -2.36. The van der Waals surface area contributed by atoms with Gasteiger partial charge in [-0.3, -0.25) is 4.57 Å². The average molecular weight is 303 g/mol. The minimum Gasteiger partial charge on any atom is -0.339 e. The van der Waals surface area contributed by atoms with Gasteiger partial charge in [0, 0.05) is 19.1 Å². The van der Waals surface area contributed by atoms with E-state index < -0.39 is 0 Å². The molecule has 6 heteroatoms. The summed E-state index contributed by atoms with van der Waals surface area (Å²) in [5, 5.41) is 7.40. The van der Waals surface area contributed by atoms with Crippen molar-refractivity contribution < 1.29 is 0 Å². The lowest BCUT2D eigenvalue weighted by Crippen LogP contribution is -2.46. The monoisotopic (exact) mass is 303 g/mol. The maximum absolute atomic E-state index is 5.41. The average Bonchev–Trinajstić information content (AvgIpc) is 2.90. The summed E-state index contributed by atoms with van der Waals surface area (Å²) in [6.45, 7) is 2.01. The molecule has 0 radical (unpaired) electrons. The Hall–Kier alpha value is -1.66. The molecule has 0 saturated carbocycles. The van der Waals surface area contributed by atoms with Gasteiger partial charge >= 0.3 is 0 Å². The van der Waals surface area contributed by atoms with Gasteiger partial charge in [0.15, 0.2) is 0 Å². The molecule has 0 spiro atoms. The fourth-order valence-electron chi connectivity index (χ4n) is 2.87. The van der Waals surface area contributed by atoms with Crippen LogP contribution in [0.4, 0.5) is 5.95 Å². The predicted molar refractivity (Wildman–Crippen MR) is 87.7 cm³/mol. The van der Waals surface area contributed by atoms with Crippen molar-refractivity contribution >= 4 is 18.2 Å². The van der Waals surface area contributed by atoms with Gasteiger partial charge < -0.3 is 9.80 Å². The van der Waals surface area contributed by atoms with Crippen LogP contribution in [-0.4, -0.2) is 52.9 Å². The van der Waals surface area contributed by atoms with Gasteiger partial charge in [0.1, 0.15) is 0 Å². The molecule has 1 unspecified atom stereocenters. The van der Waals surface area contributed by atoms with E-state index in [2.05, 4.69) is 46.2 Å². The van der Waals surface area contributed by atoms with Crippen LogP contribution in [-0.2, 0) is 0 Å². The highest BCUT2D eigenvalue weighted by molar-refractivity contribution is 7.71. The highest BCUT2D eigenvalue weighted by Gasteiger charge is 2.25. The molecule has 0 amide bonds. The molecular weight excluding hydrogens is 282 g/mol. The summed E-state index contributed by atoms with van der Waals surface area (Å²) in [5.41, 5.74) is 1.05. The van der Waals surface area contributed by atoms with Gasteiger partial charge in [-0.1, -0.05) is 18.2 Å². The zero-order chi connectivity index (χ0) is 14.8. The standard InChI is InChI=1S/C15H21N5S/c1-18(2)13-9-6-10-19(11-13)14-16-17-15(21)20(14)12-7-4-3-5-8-12/h3-5,7-8,13H,6,9-11H2,1-2H3,(H,17,21). The number of rotatable bonds is 3. The fourth-order valence-corrected chi connectivity index (χ4v) is 3.10. The van der Waals surface area contributed by atoms with Gasteiger partial charge in [0.05, 0.1) is 5.69 Å². The maximum atomic E-state index is 5.41. The van der Waals surface area contributed by atoms with E-state index in [0.29, 0.717) is 10.8 Å². The van der Waals surface area contributed by atoms with Gasteiger partial charge in [0.2, 0.25) is 10.7 Å². The van der Waals surface area contributed by atoms with Crippen LogP contribution in [0.5, 0.6) is 0 Å². The minimum atomic E-state index is 0.563. The maximum Gasteiger partial charge on any atom is 0.230 e. The third-order valence-electron chi connectivity index (χ3n) is 4.08. The van der Waals surface area contributed by atoms with E-state index >= 15 is 0 Å². The molecule has 3 rings (SSSR count). The summed E-state index contributed by atoms with van der Waals surface area (Å²) in [4.78, 5) is 4.62. The molecule has 1 N–H and O–H groups in total. The van der Waals surface area contributed by atoms with Gasteiger partial charge in [-0.2, -0.15) is 0 Å². The largest absolute Gasteiger partial charge is 0.339 e. The number of hydrogen-bond acceptors (Lipinski definition) is 4. The van der Waals surface area contributed by atoms with Crippen LogP contribution in [0.25, 0.3) is 5.69 Å². The zero-order valence-corrected chi connectivity index (χ0v) is 13.3. The molecule has 1 aromatic heterocycles. The summed E-state index contributed by atoms with van der Waals surface area (Å²) in [5.74, 6) is 0.915. The van der Waals surface area contributed by atoms with E-state index in [9.17, 15) is 0 Å². The van der Waals surface area contributed by atoms with Crippen molar-refractivity contribution in [3.8, 4) is 5.69 Å². The van der Waals surface area contributed by atoms with E-state index in [-0.39, 0.29) is 0 Å². The molecule has 1 saturated heterocycles. The van der Waals surface area contributed by atoms with Crippen molar-refractivity contribution in [3.63, 3.8) is 0 Å². The molecule has 21 heavy (non-hydrogen) atoms. The molecule has 1 aromatic carbocycles. The number of para-hydroxylation sites is 1. The van der Waals surface area contributed by atoms with Crippen LogP contribution >= 0.6 is 12.2 Å². The zero-order valence-electron chi connectivity index (χ0n) is 12.5.